The van der Waals surface area contributed by atoms with Crippen molar-refractivity contribution in [3.63, 3.8) is 0 Å². The Kier molecular flexibility index (Phi) is 2.65. The van der Waals surface area contributed by atoms with Gasteiger partial charge >= 0.3 is 0 Å². The summed E-state index contributed by atoms with van der Waals surface area (Å²) in [6.07, 6.45) is 0. The number of aliphatic imine (C=N–C) groups is 1. The topological polar surface area (TPSA) is 24.4 Å². The molecule has 0 radical (unpaired) electrons. The normalized spacial score (nSPS) is 9.27. The number of anilines is 1. The molecule has 3 heteroatoms. The zero-order chi connectivity index (χ0) is 8.27. The van der Waals surface area contributed by atoms with Crippen molar-refractivity contribution in [2.24, 2.45) is 4.99 Å². The number of para-hydroxylation sites is 1. The minimum absolute atomic E-state index is 0.863. The van der Waals surface area contributed by atoms with Crippen molar-refractivity contribution in [1.82, 2.24) is 0 Å². The Morgan fingerprint density at radius 1 is 1.55 bits per heavy atom. The molecular weight excluding hydrogens is 204 g/mol. The lowest BCUT2D eigenvalue weighted by Gasteiger charge is -2.05. The summed E-state index contributed by atoms with van der Waals surface area (Å²) in [6, 6.07) is 5.79. The minimum atomic E-state index is 0.863. The van der Waals surface area contributed by atoms with Crippen LogP contribution in [0.2, 0.25) is 0 Å². The van der Waals surface area contributed by atoms with Crippen molar-refractivity contribution in [2.75, 3.05) is 12.4 Å². The van der Waals surface area contributed by atoms with Gasteiger partial charge in [-0.2, -0.15) is 0 Å². The number of halogens is 1. The van der Waals surface area contributed by atoms with Crippen molar-refractivity contribution in [3.05, 3.63) is 22.7 Å². The van der Waals surface area contributed by atoms with Gasteiger partial charge in [-0.3, -0.25) is 4.99 Å². The fraction of sp³-hybridized carbons (Fsp3) is 0.125. The van der Waals surface area contributed by atoms with Crippen LogP contribution in [0.1, 0.15) is 0 Å². The maximum atomic E-state index is 3.86. The van der Waals surface area contributed by atoms with Crippen LogP contribution in [0, 0.1) is 0 Å². The summed E-state index contributed by atoms with van der Waals surface area (Å²) in [5, 5.41) is 3.03. The van der Waals surface area contributed by atoms with Crippen LogP contribution in [0.5, 0.6) is 0 Å². The van der Waals surface area contributed by atoms with Crippen LogP contribution in [0.15, 0.2) is 27.7 Å². The average Bonchev–Trinajstić information content (AvgIpc) is 2.04. The molecule has 0 unspecified atom stereocenters. The average molecular weight is 213 g/mol. The first-order chi connectivity index (χ1) is 5.29. The third-order valence-corrected chi connectivity index (χ3v) is 2.07. The summed E-state index contributed by atoms with van der Waals surface area (Å²) in [5.74, 6) is 0. The van der Waals surface area contributed by atoms with E-state index in [1.807, 2.05) is 25.2 Å². The Morgan fingerprint density at radius 3 is 2.73 bits per heavy atom. The number of hydrogen-bond acceptors (Lipinski definition) is 2. The number of nitrogens with one attached hydrogen (secondary N) is 1. The van der Waals surface area contributed by atoms with Crippen molar-refractivity contribution in [1.29, 1.82) is 0 Å². The third-order valence-electron chi connectivity index (χ3n) is 1.41. The van der Waals surface area contributed by atoms with Crippen molar-refractivity contribution in [3.8, 4) is 0 Å². The zero-order valence-corrected chi connectivity index (χ0v) is 7.85. The highest BCUT2D eigenvalue weighted by Crippen LogP contribution is 2.31. The van der Waals surface area contributed by atoms with E-state index in [0.29, 0.717) is 0 Å². The van der Waals surface area contributed by atoms with E-state index in [2.05, 4.69) is 33.0 Å². The smallest absolute Gasteiger partial charge is 0.0865 e. The Hall–Kier alpha value is -0.830. The van der Waals surface area contributed by atoms with Gasteiger partial charge in [0.2, 0.25) is 0 Å². The van der Waals surface area contributed by atoms with Crippen LogP contribution < -0.4 is 5.32 Å². The quantitative estimate of drug-likeness (QED) is 0.750. The maximum Gasteiger partial charge on any atom is 0.0865 e. The van der Waals surface area contributed by atoms with Crippen LogP contribution in [0.3, 0.4) is 0 Å². The molecule has 1 aromatic carbocycles. The van der Waals surface area contributed by atoms with Gasteiger partial charge in [-0.1, -0.05) is 6.07 Å². The molecule has 1 aromatic rings. The molecule has 0 fully saturated rings. The lowest BCUT2D eigenvalue weighted by atomic mass is 10.3. The first kappa shape index (κ1) is 8.27. The number of benzene rings is 1. The van der Waals surface area contributed by atoms with Gasteiger partial charge in [0.25, 0.3) is 0 Å². The number of nitrogens with zero attached hydrogens (tertiary/aromatic N) is 1. The van der Waals surface area contributed by atoms with E-state index < -0.39 is 0 Å². The fourth-order valence-electron chi connectivity index (χ4n) is 0.892. The molecule has 0 saturated carbocycles. The maximum absolute atomic E-state index is 3.86. The Bertz CT molecular complexity index is 271. The molecule has 0 aliphatic rings. The Balaban J connectivity index is 3.23. The van der Waals surface area contributed by atoms with Gasteiger partial charge in [0.15, 0.2) is 0 Å². The lowest BCUT2D eigenvalue weighted by Crippen LogP contribution is -1.88. The molecule has 1 rings (SSSR count). The van der Waals surface area contributed by atoms with Gasteiger partial charge in [-0.05, 0) is 34.8 Å². The molecule has 0 bridgehead atoms. The summed E-state index contributed by atoms with van der Waals surface area (Å²) in [7, 11) is 1.86. The SMILES string of the molecule is C=Nc1cccc(Br)c1NC. The second-order valence-electron chi connectivity index (χ2n) is 2.04. The molecule has 0 saturated heterocycles. The third kappa shape index (κ3) is 1.60. The highest BCUT2D eigenvalue weighted by Gasteiger charge is 2.00. The van der Waals surface area contributed by atoms with E-state index in [1.165, 1.54) is 0 Å². The van der Waals surface area contributed by atoms with E-state index in [-0.39, 0.29) is 0 Å². The zero-order valence-electron chi connectivity index (χ0n) is 6.26. The van der Waals surface area contributed by atoms with Gasteiger partial charge in [0, 0.05) is 11.5 Å². The summed E-state index contributed by atoms with van der Waals surface area (Å²) >= 11 is 3.40. The molecule has 0 spiro atoms. The largest absolute Gasteiger partial charge is 0.385 e. The summed E-state index contributed by atoms with van der Waals surface area (Å²) in [6.45, 7) is 3.47. The number of hydrogen-bond donors (Lipinski definition) is 1. The first-order valence-corrected chi connectivity index (χ1v) is 4.02. The summed E-state index contributed by atoms with van der Waals surface area (Å²) < 4.78 is 1.00. The molecule has 0 aromatic heterocycles. The van der Waals surface area contributed by atoms with Crippen molar-refractivity contribution >= 4 is 34.0 Å². The van der Waals surface area contributed by atoms with Crippen LogP contribution >= 0.6 is 15.9 Å². The van der Waals surface area contributed by atoms with Crippen LogP contribution in [-0.2, 0) is 0 Å². The second-order valence-corrected chi connectivity index (χ2v) is 2.90. The Morgan fingerprint density at radius 2 is 2.27 bits per heavy atom. The van der Waals surface area contributed by atoms with Crippen molar-refractivity contribution < 1.29 is 0 Å². The molecule has 58 valence electrons. The molecule has 0 aliphatic heterocycles. The molecule has 1 N–H and O–H groups in total. The van der Waals surface area contributed by atoms with Gasteiger partial charge in [0.1, 0.15) is 0 Å². The highest BCUT2D eigenvalue weighted by atomic mass is 79.9. The van der Waals surface area contributed by atoms with E-state index in [4.69, 9.17) is 0 Å². The highest BCUT2D eigenvalue weighted by molar-refractivity contribution is 9.10. The predicted octanol–water partition coefficient (Wildman–Crippen LogP) is 2.82. The molecule has 2 nitrogen and oxygen atoms in total. The molecule has 0 atom stereocenters. The predicted molar refractivity (Wildman–Crippen MR) is 52.9 cm³/mol. The standard InChI is InChI=1S/C8H9BrN2/c1-10-7-5-3-4-6(9)8(7)11-2/h3-5,11H,1H2,2H3. The Labute approximate surface area is 74.5 Å². The summed E-state index contributed by atoms with van der Waals surface area (Å²) in [5.41, 5.74) is 1.84. The van der Waals surface area contributed by atoms with E-state index in [1.54, 1.807) is 0 Å². The van der Waals surface area contributed by atoms with Gasteiger partial charge in [-0.15, -0.1) is 0 Å². The molecule has 0 aliphatic carbocycles. The molecule has 0 heterocycles. The minimum Gasteiger partial charge on any atom is -0.385 e. The van der Waals surface area contributed by atoms with E-state index >= 15 is 0 Å². The lowest BCUT2D eigenvalue weighted by molar-refractivity contribution is 1.44. The van der Waals surface area contributed by atoms with Gasteiger partial charge in [-0.25, -0.2) is 0 Å². The fourth-order valence-corrected chi connectivity index (χ4v) is 1.45. The molecular formula is C8H9BrN2. The molecule has 11 heavy (non-hydrogen) atoms. The summed E-state index contributed by atoms with van der Waals surface area (Å²) in [4.78, 5) is 3.86. The van der Waals surface area contributed by atoms with Gasteiger partial charge in [0.05, 0.1) is 11.4 Å². The van der Waals surface area contributed by atoms with Crippen molar-refractivity contribution in [2.45, 2.75) is 0 Å². The number of rotatable bonds is 2. The monoisotopic (exact) mass is 212 g/mol. The molecule has 0 amide bonds. The van der Waals surface area contributed by atoms with Crippen LogP contribution in [0.4, 0.5) is 11.4 Å². The van der Waals surface area contributed by atoms with Crippen LogP contribution in [-0.4, -0.2) is 13.8 Å². The van der Waals surface area contributed by atoms with Crippen LogP contribution in [0.25, 0.3) is 0 Å². The second kappa shape index (κ2) is 3.53. The first-order valence-electron chi connectivity index (χ1n) is 3.22. The van der Waals surface area contributed by atoms with E-state index in [0.717, 1.165) is 15.8 Å². The van der Waals surface area contributed by atoms with Gasteiger partial charge < -0.3 is 5.32 Å². The van der Waals surface area contributed by atoms with E-state index in [9.17, 15) is 0 Å².